The van der Waals surface area contributed by atoms with Crippen LogP contribution in [0.1, 0.15) is 31.7 Å². The van der Waals surface area contributed by atoms with Gasteiger partial charge in [-0.2, -0.15) is 13.2 Å². The van der Waals surface area contributed by atoms with E-state index in [4.69, 9.17) is 21.4 Å². The Bertz CT molecular complexity index is 989. The number of alkyl halides is 3. The van der Waals surface area contributed by atoms with E-state index in [1.165, 1.54) is 0 Å². The van der Waals surface area contributed by atoms with Crippen molar-refractivity contribution in [3.63, 3.8) is 0 Å². The Morgan fingerprint density at radius 1 is 1.03 bits per heavy atom. The van der Waals surface area contributed by atoms with Gasteiger partial charge in [0.05, 0.1) is 0 Å². The molecule has 2 atom stereocenters. The second-order valence-corrected chi connectivity index (χ2v) is 7.41. The van der Waals surface area contributed by atoms with Crippen molar-refractivity contribution in [2.45, 2.75) is 38.9 Å². The molecule has 2 aromatic rings. The van der Waals surface area contributed by atoms with Gasteiger partial charge in [0.1, 0.15) is 0 Å². The zero-order valence-corrected chi connectivity index (χ0v) is 17.9. The van der Waals surface area contributed by atoms with Gasteiger partial charge in [0, 0.05) is 25.3 Å². The molecule has 0 saturated heterocycles. The van der Waals surface area contributed by atoms with E-state index in [0.29, 0.717) is 6.54 Å². The van der Waals surface area contributed by atoms with Crippen molar-refractivity contribution in [3.05, 3.63) is 48.0 Å². The van der Waals surface area contributed by atoms with Crippen LogP contribution in [0, 0.1) is 11.8 Å². The fourth-order valence-corrected chi connectivity index (χ4v) is 3.15. The van der Waals surface area contributed by atoms with Crippen LogP contribution < -0.4 is 16.8 Å². The molecule has 6 N–H and O–H groups in total. The summed E-state index contributed by atoms with van der Waals surface area (Å²) in [5, 5.41) is 12.2. The molecule has 1 unspecified atom stereocenters. The highest BCUT2D eigenvalue weighted by molar-refractivity contribution is 5.86. The lowest BCUT2D eigenvalue weighted by molar-refractivity contribution is -0.192. The standard InChI is InChI=1S/C20H25N3O3.C2HF3O2/c1-13(16(20(22)26)9-10-18(21)24)11-19(25)23-12-15-7-4-6-14-5-2-3-8-17(14)15;3-2(4,5)1(6)7/h2-8,13,16H,9-12H2,1H3,(H2,21,24)(H2,22,26)(H,23,25);(H,6,7)/t13-,16?;/m0./s1. The van der Waals surface area contributed by atoms with Gasteiger partial charge in [-0.3, -0.25) is 14.4 Å². The Morgan fingerprint density at radius 3 is 2.15 bits per heavy atom. The maximum Gasteiger partial charge on any atom is 0.490 e. The van der Waals surface area contributed by atoms with Gasteiger partial charge < -0.3 is 21.9 Å². The molecule has 2 aromatic carbocycles. The van der Waals surface area contributed by atoms with Crippen molar-refractivity contribution in [1.29, 1.82) is 0 Å². The third-order valence-electron chi connectivity index (χ3n) is 4.86. The molecule has 180 valence electrons. The third-order valence-corrected chi connectivity index (χ3v) is 4.86. The second kappa shape index (κ2) is 12.4. The summed E-state index contributed by atoms with van der Waals surface area (Å²) in [5.74, 6) is -4.72. The molecule has 0 radical (unpaired) electrons. The van der Waals surface area contributed by atoms with E-state index in [1.807, 2.05) is 42.5 Å². The van der Waals surface area contributed by atoms with Gasteiger partial charge in [0.2, 0.25) is 17.7 Å². The number of nitrogens with two attached hydrogens (primary N) is 2. The van der Waals surface area contributed by atoms with Gasteiger partial charge in [-0.15, -0.1) is 0 Å². The van der Waals surface area contributed by atoms with Gasteiger partial charge >= 0.3 is 12.1 Å². The zero-order chi connectivity index (χ0) is 25.2. The smallest absolute Gasteiger partial charge is 0.475 e. The van der Waals surface area contributed by atoms with Gasteiger partial charge in [-0.1, -0.05) is 49.4 Å². The number of amides is 3. The van der Waals surface area contributed by atoms with Crippen LogP contribution in [-0.4, -0.2) is 35.0 Å². The van der Waals surface area contributed by atoms with E-state index >= 15 is 0 Å². The van der Waals surface area contributed by atoms with Gasteiger partial charge in [0.15, 0.2) is 0 Å². The molecule has 0 aliphatic heterocycles. The molecule has 33 heavy (non-hydrogen) atoms. The number of benzene rings is 2. The summed E-state index contributed by atoms with van der Waals surface area (Å²) in [4.78, 5) is 43.7. The number of rotatable bonds is 9. The predicted molar refractivity (Wildman–Crippen MR) is 114 cm³/mol. The summed E-state index contributed by atoms with van der Waals surface area (Å²) in [6, 6.07) is 13.9. The zero-order valence-electron chi connectivity index (χ0n) is 17.9. The number of carboxylic acids is 1. The maximum absolute atomic E-state index is 12.3. The first kappa shape index (κ1) is 27.4. The molecule has 0 spiro atoms. The van der Waals surface area contributed by atoms with Gasteiger partial charge in [-0.25, -0.2) is 4.79 Å². The van der Waals surface area contributed by atoms with Crippen LogP contribution in [0.2, 0.25) is 0 Å². The van der Waals surface area contributed by atoms with Crippen molar-refractivity contribution in [2.24, 2.45) is 23.3 Å². The molecule has 0 heterocycles. The molecule has 0 aromatic heterocycles. The van der Waals surface area contributed by atoms with Crippen molar-refractivity contribution in [3.8, 4) is 0 Å². The van der Waals surface area contributed by atoms with Crippen LogP contribution >= 0.6 is 0 Å². The fourth-order valence-electron chi connectivity index (χ4n) is 3.15. The molecule has 8 nitrogen and oxygen atoms in total. The molecule has 11 heteroatoms. The monoisotopic (exact) mass is 469 g/mol. The molecular formula is C22H26F3N3O5. The first-order valence-electron chi connectivity index (χ1n) is 9.94. The van der Waals surface area contributed by atoms with Crippen LogP contribution in [0.25, 0.3) is 10.8 Å². The van der Waals surface area contributed by atoms with Crippen molar-refractivity contribution < 1.29 is 37.5 Å². The minimum Gasteiger partial charge on any atom is -0.475 e. The lowest BCUT2D eigenvalue weighted by Crippen LogP contribution is -2.33. The second-order valence-electron chi connectivity index (χ2n) is 7.41. The summed E-state index contributed by atoms with van der Waals surface area (Å²) < 4.78 is 31.7. The van der Waals surface area contributed by atoms with Crippen molar-refractivity contribution >= 4 is 34.5 Å². The number of hydrogen-bond donors (Lipinski definition) is 4. The number of hydrogen-bond acceptors (Lipinski definition) is 4. The van der Waals surface area contributed by atoms with E-state index in [1.54, 1.807) is 6.92 Å². The highest BCUT2D eigenvalue weighted by Gasteiger charge is 2.38. The van der Waals surface area contributed by atoms with Crippen LogP contribution in [0.4, 0.5) is 13.2 Å². The summed E-state index contributed by atoms with van der Waals surface area (Å²) in [6.45, 7) is 2.20. The van der Waals surface area contributed by atoms with Gasteiger partial charge in [-0.05, 0) is 28.7 Å². The highest BCUT2D eigenvalue weighted by Crippen LogP contribution is 2.21. The normalized spacial score (nSPS) is 12.7. The largest absolute Gasteiger partial charge is 0.490 e. The minimum absolute atomic E-state index is 0.0789. The quantitative estimate of drug-likeness (QED) is 0.445. The Hall–Kier alpha value is -3.63. The Kier molecular flexibility index (Phi) is 10.3. The average Bonchev–Trinajstić information content (AvgIpc) is 2.71. The fraction of sp³-hybridized carbons (Fsp3) is 0.364. The first-order chi connectivity index (χ1) is 15.3. The van der Waals surface area contributed by atoms with Crippen LogP contribution in [-0.2, 0) is 25.7 Å². The molecule has 0 aliphatic rings. The number of carbonyl (C=O) groups excluding carboxylic acids is 3. The van der Waals surface area contributed by atoms with E-state index in [2.05, 4.69) is 5.32 Å². The number of fused-ring (bicyclic) bond motifs is 1. The third kappa shape index (κ3) is 9.58. The molecular weight excluding hydrogens is 443 g/mol. The van der Waals surface area contributed by atoms with E-state index < -0.39 is 29.9 Å². The minimum atomic E-state index is -5.08. The Morgan fingerprint density at radius 2 is 1.61 bits per heavy atom. The van der Waals surface area contributed by atoms with Gasteiger partial charge in [0.25, 0.3) is 0 Å². The topological polar surface area (TPSA) is 153 Å². The molecule has 0 saturated carbocycles. The van der Waals surface area contributed by atoms with Crippen LogP contribution in [0.3, 0.4) is 0 Å². The van der Waals surface area contributed by atoms with E-state index in [0.717, 1.165) is 16.3 Å². The molecule has 0 aliphatic carbocycles. The SMILES string of the molecule is C[C@@H](CC(=O)NCc1cccc2ccccc12)C(CCC(N)=O)C(N)=O.O=C(O)C(F)(F)F. The predicted octanol–water partition coefficient (Wildman–Crippen LogP) is 2.48. The number of carboxylic acid groups (broad SMARTS) is 1. The maximum atomic E-state index is 12.3. The van der Waals surface area contributed by atoms with Crippen LogP contribution in [0.15, 0.2) is 42.5 Å². The number of primary amides is 2. The van der Waals surface area contributed by atoms with E-state index in [9.17, 15) is 27.6 Å². The molecule has 2 rings (SSSR count). The average molecular weight is 469 g/mol. The molecule has 3 amide bonds. The van der Waals surface area contributed by atoms with Crippen molar-refractivity contribution in [1.82, 2.24) is 5.32 Å². The molecule has 0 bridgehead atoms. The number of carbonyl (C=O) groups is 4. The number of nitrogens with one attached hydrogen (secondary N) is 1. The number of aliphatic carboxylic acids is 1. The summed E-state index contributed by atoms with van der Waals surface area (Å²) in [5.41, 5.74) is 11.6. The molecule has 0 fully saturated rings. The Labute approximate surface area is 188 Å². The van der Waals surface area contributed by atoms with Crippen molar-refractivity contribution in [2.75, 3.05) is 0 Å². The summed E-state index contributed by atoms with van der Waals surface area (Å²) >= 11 is 0. The lowest BCUT2D eigenvalue weighted by atomic mass is 9.86. The summed E-state index contributed by atoms with van der Waals surface area (Å²) in [6.07, 6.45) is -4.57. The summed E-state index contributed by atoms with van der Waals surface area (Å²) in [7, 11) is 0. The lowest BCUT2D eigenvalue weighted by Gasteiger charge is -2.20. The number of halogens is 3. The van der Waals surface area contributed by atoms with Crippen LogP contribution in [0.5, 0.6) is 0 Å². The Balaban J connectivity index is 0.000000675. The first-order valence-corrected chi connectivity index (χ1v) is 9.94. The van der Waals surface area contributed by atoms with E-state index in [-0.39, 0.29) is 31.1 Å². The highest BCUT2D eigenvalue weighted by atomic mass is 19.4.